The van der Waals surface area contributed by atoms with Crippen molar-refractivity contribution in [3.05, 3.63) is 47.9 Å². The number of amides is 1. The van der Waals surface area contributed by atoms with Gasteiger partial charge in [-0.1, -0.05) is 11.6 Å². The van der Waals surface area contributed by atoms with E-state index in [2.05, 4.69) is 20.4 Å². The SMILES string of the molecule is N[C@H]1CCCC(n2cc(-c3nc(Nc4ccc(N5CCOCC5=O)cc4)ncc3Cl)cn2)C1. The van der Waals surface area contributed by atoms with Gasteiger partial charge in [-0.25, -0.2) is 9.97 Å². The Morgan fingerprint density at radius 3 is 2.82 bits per heavy atom. The summed E-state index contributed by atoms with van der Waals surface area (Å²) in [7, 11) is 0. The molecule has 3 aromatic rings. The number of nitrogens with zero attached hydrogens (tertiary/aromatic N) is 5. The van der Waals surface area contributed by atoms with E-state index in [1.54, 1.807) is 17.3 Å². The maximum absolute atomic E-state index is 12.0. The molecule has 2 fully saturated rings. The van der Waals surface area contributed by atoms with Crippen molar-refractivity contribution >= 4 is 34.8 Å². The molecule has 1 aliphatic heterocycles. The molecule has 9 nitrogen and oxygen atoms in total. The quantitative estimate of drug-likeness (QED) is 0.590. The fourth-order valence-electron chi connectivity index (χ4n) is 4.38. The number of carbonyl (C=O) groups is 1. The molecule has 1 aliphatic carbocycles. The molecular formula is C23H26ClN7O2. The Labute approximate surface area is 196 Å². The zero-order valence-corrected chi connectivity index (χ0v) is 18.9. The predicted octanol–water partition coefficient (Wildman–Crippen LogP) is 3.54. The van der Waals surface area contributed by atoms with Crippen molar-refractivity contribution in [2.24, 2.45) is 5.73 Å². The van der Waals surface area contributed by atoms with Crippen molar-refractivity contribution in [3.63, 3.8) is 0 Å². The third kappa shape index (κ3) is 4.85. The van der Waals surface area contributed by atoms with Gasteiger partial charge in [0.1, 0.15) is 6.61 Å². The van der Waals surface area contributed by atoms with Gasteiger partial charge in [0.15, 0.2) is 0 Å². The highest BCUT2D eigenvalue weighted by molar-refractivity contribution is 6.32. The first kappa shape index (κ1) is 21.8. The van der Waals surface area contributed by atoms with E-state index in [0.29, 0.717) is 35.9 Å². The number of morpholine rings is 1. The van der Waals surface area contributed by atoms with Gasteiger partial charge in [0, 0.05) is 35.7 Å². The van der Waals surface area contributed by atoms with E-state index >= 15 is 0 Å². The maximum atomic E-state index is 12.0. The number of anilines is 3. The molecule has 3 heterocycles. The molecule has 33 heavy (non-hydrogen) atoms. The molecule has 1 saturated heterocycles. The van der Waals surface area contributed by atoms with Gasteiger partial charge in [-0.15, -0.1) is 0 Å². The Bertz CT molecular complexity index is 1130. The lowest BCUT2D eigenvalue weighted by Crippen LogP contribution is -2.41. The van der Waals surface area contributed by atoms with Crippen molar-refractivity contribution in [2.45, 2.75) is 37.8 Å². The molecule has 5 rings (SSSR count). The molecule has 1 aromatic carbocycles. The lowest BCUT2D eigenvalue weighted by atomic mass is 9.92. The Kier molecular flexibility index (Phi) is 6.26. The van der Waals surface area contributed by atoms with E-state index < -0.39 is 0 Å². The third-order valence-electron chi connectivity index (χ3n) is 6.10. The first-order valence-electron chi connectivity index (χ1n) is 11.1. The molecule has 0 bridgehead atoms. The zero-order valence-electron chi connectivity index (χ0n) is 18.2. The number of halogens is 1. The van der Waals surface area contributed by atoms with Crippen molar-refractivity contribution in [1.82, 2.24) is 19.7 Å². The first-order valence-corrected chi connectivity index (χ1v) is 11.5. The first-order chi connectivity index (χ1) is 16.1. The Morgan fingerprint density at radius 1 is 1.18 bits per heavy atom. The summed E-state index contributed by atoms with van der Waals surface area (Å²) >= 11 is 6.41. The number of carbonyl (C=O) groups excluding carboxylic acids is 1. The summed E-state index contributed by atoms with van der Waals surface area (Å²) in [5.41, 5.74) is 9.24. The lowest BCUT2D eigenvalue weighted by Gasteiger charge is -2.26. The molecule has 10 heteroatoms. The van der Waals surface area contributed by atoms with E-state index in [0.717, 1.165) is 42.6 Å². The van der Waals surface area contributed by atoms with Gasteiger partial charge in [0.05, 0.1) is 35.8 Å². The van der Waals surface area contributed by atoms with Gasteiger partial charge in [0.25, 0.3) is 5.91 Å². The average Bonchev–Trinajstić information content (AvgIpc) is 3.32. The molecule has 2 atom stereocenters. The highest BCUT2D eigenvalue weighted by Crippen LogP contribution is 2.31. The Balaban J connectivity index is 1.31. The molecule has 3 N–H and O–H groups in total. The normalized spacial score (nSPS) is 21.3. The van der Waals surface area contributed by atoms with Crippen LogP contribution in [-0.2, 0) is 9.53 Å². The second kappa shape index (κ2) is 9.46. The van der Waals surface area contributed by atoms with Gasteiger partial charge >= 0.3 is 0 Å². The predicted molar refractivity (Wildman–Crippen MR) is 127 cm³/mol. The number of nitrogens with one attached hydrogen (secondary N) is 1. The van der Waals surface area contributed by atoms with Crippen LogP contribution in [-0.4, -0.2) is 51.5 Å². The summed E-state index contributed by atoms with van der Waals surface area (Å²) < 4.78 is 7.17. The standard InChI is InChI=1S/C23H26ClN7O2/c24-20-12-26-23(28-17-4-6-18(7-5-17)30-8-9-33-14-21(30)32)29-22(20)15-11-27-31(13-15)19-3-1-2-16(25)10-19/h4-7,11-13,16,19H,1-3,8-10,14,25H2,(H,26,28,29)/t16-,19?/m0/s1. The minimum atomic E-state index is -0.0385. The third-order valence-corrected chi connectivity index (χ3v) is 6.38. The summed E-state index contributed by atoms with van der Waals surface area (Å²) in [5.74, 6) is 0.389. The highest BCUT2D eigenvalue weighted by Gasteiger charge is 2.22. The molecule has 1 saturated carbocycles. The topological polar surface area (TPSA) is 111 Å². The Hall–Kier alpha value is -3.01. The van der Waals surface area contributed by atoms with Crippen molar-refractivity contribution in [3.8, 4) is 11.3 Å². The van der Waals surface area contributed by atoms with Crippen LogP contribution in [0.3, 0.4) is 0 Å². The number of aromatic nitrogens is 4. The van der Waals surface area contributed by atoms with E-state index in [9.17, 15) is 4.79 Å². The van der Waals surface area contributed by atoms with Crippen LogP contribution in [0, 0.1) is 0 Å². The fraction of sp³-hybridized carbons (Fsp3) is 0.391. The second-order valence-electron chi connectivity index (χ2n) is 8.45. The van der Waals surface area contributed by atoms with Crippen LogP contribution in [0.15, 0.2) is 42.9 Å². The smallest absolute Gasteiger partial charge is 0.253 e. The molecule has 2 aliphatic rings. The lowest BCUT2D eigenvalue weighted by molar-refractivity contribution is -0.125. The monoisotopic (exact) mass is 467 g/mol. The summed E-state index contributed by atoms with van der Waals surface area (Å²) in [6.45, 7) is 1.21. The minimum absolute atomic E-state index is 0.0385. The van der Waals surface area contributed by atoms with Crippen molar-refractivity contribution < 1.29 is 9.53 Å². The minimum Gasteiger partial charge on any atom is -0.370 e. The number of ether oxygens (including phenoxy) is 1. The van der Waals surface area contributed by atoms with Gasteiger partial charge in [0.2, 0.25) is 5.95 Å². The van der Waals surface area contributed by atoms with Crippen LogP contribution < -0.4 is 16.0 Å². The largest absolute Gasteiger partial charge is 0.370 e. The molecule has 172 valence electrons. The van der Waals surface area contributed by atoms with Crippen molar-refractivity contribution in [1.29, 1.82) is 0 Å². The average molecular weight is 468 g/mol. The van der Waals surface area contributed by atoms with Crippen LogP contribution in [0.4, 0.5) is 17.3 Å². The van der Waals surface area contributed by atoms with Gasteiger partial charge in [-0.05, 0) is 49.9 Å². The van der Waals surface area contributed by atoms with Crippen LogP contribution in [0.2, 0.25) is 5.02 Å². The molecule has 1 amide bonds. The summed E-state index contributed by atoms with van der Waals surface area (Å²) in [4.78, 5) is 22.7. The molecule has 0 radical (unpaired) electrons. The van der Waals surface area contributed by atoms with E-state index in [4.69, 9.17) is 22.1 Å². The van der Waals surface area contributed by atoms with Gasteiger partial charge < -0.3 is 20.7 Å². The summed E-state index contributed by atoms with van der Waals surface area (Å²) in [6, 6.07) is 8.09. The number of hydrogen-bond donors (Lipinski definition) is 2. The highest BCUT2D eigenvalue weighted by atomic mass is 35.5. The second-order valence-corrected chi connectivity index (χ2v) is 8.86. The maximum Gasteiger partial charge on any atom is 0.253 e. The van der Waals surface area contributed by atoms with Gasteiger partial charge in [-0.3, -0.25) is 9.48 Å². The van der Waals surface area contributed by atoms with E-state index in [-0.39, 0.29) is 18.6 Å². The molecule has 1 unspecified atom stereocenters. The summed E-state index contributed by atoms with van der Waals surface area (Å²) in [5, 5.41) is 8.21. The van der Waals surface area contributed by atoms with Crippen LogP contribution >= 0.6 is 11.6 Å². The number of nitrogens with two attached hydrogens (primary N) is 1. The fourth-order valence-corrected chi connectivity index (χ4v) is 4.58. The molecular weight excluding hydrogens is 442 g/mol. The van der Waals surface area contributed by atoms with E-state index in [1.165, 1.54) is 0 Å². The van der Waals surface area contributed by atoms with Crippen LogP contribution in [0.5, 0.6) is 0 Å². The number of rotatable bonds is 5. The van der Waals surface area contributed by atoms with Crippen LogP contribution in [0.25, 0.3) is 11.3 Å². The van der Waals surface area contributed by atoms with Crippen LogP contribution in [0.1, 0.15) is 31.7 Å². The van der Waals surface area contributed by atoms with Crippen molar-refractivity contribution in [2.75, 3.05) is 30.0 Å². The number of hydrogen-bond acceptors (Lipinski definition) is 7. The molecule has 0 spiro atoms. The number of benzene rings is 1. The van der Waals surface area contributed by atoms with E-state index in [1.807, 2.05) is 35.1 Å². The Morgan fingerprint density at radius 2 is 2.03 bits per heavy atom. The molecule has 2 aromatic heterocycles. The zero-order chi connectivity index (χ0) is 22.8. The summed E-state index contributed by atoms with van der Waals surface area (Å²) in [6.07, 6.45) is 9.54. The van der Waals surface area contributed by atoms with Gasteiger partial charge in [-0.2, -0.15) is 5.10 Å².